The summed E-state index contributed by atoms with van der Waals surface area (Å²) in [6, 6.07) is 7.53. The van der Waals surface area contributed by atoms with Crippen LogP contribution in [0.25, 0.3) is 17.3 Å². The number of carbonyl (C=O) groups excluding carboxylic acids is 2. The number of fused-ring (bicyclic) bond motifs is 1. The molecule has 1 aliphatic carbocycles. The van der Waals surface area contributed by atoms with E-state index in [2.05, 4.69) is 32.3 Å². The second-order valence-electron chi connectivity index (χ2n) is 8.59. The highest BCUT2D eigenvalue weighted by Crippen LogP contribution is 2.41. The molecule has 1 aliphatic heterocycles. The Morgan fingerprint density at radius 1 is 1.25 bits per heavy atom. The van der Waals surface area contributed by atoms with Gasteiger partial charge in [-0.15, -0.1) is 0 Å². The van der Waals surface area contributed by atoms with Crippen LogP contribution in [-0.2, 0) is 16.8 Å². The van der Waals surface area contributed by atoms with Crippen LogP contribution >= 0.6 is 0 Å². The monoisotopic (exact) mass is 428 g/mol. The maximum atomic E-state index is 13.6. The van der Waals surface area contributed by atoms with Crippen LogP contribution in [0.5, 0.6) is 0 Å². The first-order chi connectivity index (χ1) is 15.5. The van der Waals surface area contributed by atoms with Gasteiger partial charge in [0.2, 0.25) is 5.91 Å². The summed E-state index contributed by atoms with van der Waals surface area (Å²) >= 11 is 0. The van der Waals surface area contributed by atoms with E-state index in [-0.39, 0.29) is 17.7 Å². The zero-order chi connectivity index (χ0) is 22.3. The topological polar surface area (TPSA) is 118 Å². The third kappa shape index (κ3) is 3.37. The molecular weight excluding hydrogens is 404 g/mol. The summed E-state index contributed by atoms with van der Waals surface area (Å²) in [4.78, 5) is 36.1. The van der Waals surface area contributed by atoms with E-state index in [1.54, 1.807) is 23.4 Å². The second-order valence-corrected chi connectivity index (χ2v) is 8.59. The Kier molecular flexibility index (Phi) is 4.84. The first kappa shape index (κ1) is 20.1. The van der Waals surface area contributed by atoms with Gasteiger partial charge in [-0.1, -0.05) is 12.2 Å². The largest absolute Gasteiger partial charge is 0.369 e. The van der Waals surface area contributed by atoms with Crippen LogP contribution in [0.1, 0.15) is 47.1 Å². The molecule has 8 heteroatoms. The SMILES string of the molecule is CC1(c2cnc3c(c2)C=CC3)CC(C(N)=O)CCN1C(=O)c1cc(-c2ccncc2)[nH]n1. The van der Waals surface area contributed by atoms with Crippen LogP contribution in [0.15, 0.2) is 48.9 Å². The fourth-order valence-corrected chi connectivity index (χ4v) is 4.73. The summed E-state index contributed by atoms with van der Waals surface area (Å²) in [5, 5.41) is 7.23. The predicted molar refractivity (Wildman–Crippen MR) is 119 cm³/mol. The van der Waals surface area contributed by atoms with Crippen LogP contribution in [0, 0.1) is 5.92 Å². The van der Waals surface area contributed by atoms with Crippen molar-refractivity contribution in [2.45, 2.75) is 31.7 Å². The smallest absolute Gasteiger partial charge is 0.275 e. The number of nitrogens with zero attached hydrogens (tertiary/aromatic N) is 4. The van der Waals surface area contributed by atoms with E-state index in [0.29, 0.717) is 25.1 Å². The van der Waals surface area contributed by atoms with Crippen molar-refractivity contribution in [3.63, 3.8) is 0 Å². The maximum absolute atomic E-state index is 13.6. The lowest BCUT2D eigenvalue weighted by atomic mass is 9.76. The van der Waals surface area contributed by atoms with Crippen molar-refractivity contribution >= 4 is 17.9 Å². The van der Waals surface area contributed by atoms with E-state index >= 15 is 0 Å². The molecule has 2 amide bonds. The normalized spacial score (nSPS) is 22.0. The number of primary amides is 1. The summed E-state index contributed by atoms with van der Waals surface area (Å²) in [7, 11) is 0. The minimum Gasteiger partial charge on any atom is -0.369 e. The first-order valence-electron chi connectivity index (χ1n) is 10.7. The number of nitrogens with one attached hydrogen (secondary N) is 1. The number of likely N-dealkylation sites (tertiary alicyclic amines) is 1. The Hall–Kier alpha value is -3.81. The third-order valence-corrected chi connectivity index (χ3v) is 6.61. The van der Waals surface area contributed by atoms with E-state index in [1.807, 2.05) is 31.3 Å². The van der Waals surface area contributed by atoms with Gasteiger partial charge >= 0.3 is 0 Å². The Bertz CT molecular complexity index is 1220. The molecule has 162 valence electrons. The number of nitrogens with two attached hydrogens (primary N) is 1. The summed E-state index contributed by atoms with van der Waals surface area (Å²) in [5.74, 6) is -0.834. The molecule has 0 spiro atoms. The van der Waals surface area contributed by atoms with Crippen LogP contribution < -0.4 is 5.73 Å². The van der Waals surface area contributed by atoms with Gasteiger partial charge in [0.15, 0.2) is 5.69 Å². The zero-order valence-electron chi connectivity index (χ0n) is 17.8. The number of aromatic amines is 1. The molecule has 3 N–H and O–H groups in total. The zero-order valence-corrected chi connectivity index (χ0v) is 17.8. The number of amides is 2. The lowest BCUT2D eigenvalue weighted by Crippen LogP contribution is -2.54. The molecule has 0 saturated carbocycles. The standard InChI is InChI=1S/C24H24N6O2/c1-24(18-11-16-3-2-4-19(16)27-14-18)13-17(22(25)31)7-10-30(24)23(32)21-12-20(28-29-21)15-5-8-26-9-6-15/h2-3,5-6,8-9,11-12,14,17H,4,7,10,13H2,1H3,(H2,25,31)(H,28,29). The molecule has 2 atom stereocenters. The number of allylic oxidation sites excluding steroid dienone is 1. The molecule has 32 heavy (non-hydrogen) atoms. The quantitative estimate of drug-likeness (QED) is 0.662. The molecule has 2 unspecified atom stereocenters. The van der Waals surface area contributed by atoms with Crippen molar-refractivity contribution in [1.29, 1.82) is 0 Å². The van der Waals surface area contributed by atoms with Gasteiger partial charge in [0.05, 0.1) is 16.9 Å². The molecule has 3 aromatic rings. The number of carbonyl (C=O) groups is 2. The van der Waals surface area contributed by atoms with Gasteiger partial charge in [-0.3, -0.25) is 24.7 Å². The average Bonchev–Trinajstić information content (AvgIpc) is 3.48. The van der Waals surface area contributed by atoms with Gasteiger partial charge in [0.1, 0.15) is 0 Å². The van der Waals surface area contributed by atoms with Crippen LogP contribution in [0.4, 0.5) is 0 Å². The molecule has 4 heterocycles. The van der Waals surface area contributed by atoms with Crippen LogP contribution in [0.3, 0.4) is 0 Å². The summed E-state index contributed by atoms with van der Waals surface area (Å²) in [5.41, 5.74) is 9.87. The van der Waals surface area contributed by atoms with Gasteiger partial charge in [-0.25, -0.2) is 0 Å². The van der Waals surface area contributed by atoms with Gasteiger partial charge in [0, 0.05) is 43.0 Å². The van der Waals surface area contributed by atoms with E-state index in [0.717, 1.165) is 34.5 Å². The highest BCUT2D eigenvalue weighted by Gasteiger charge is 2.45. The minimum absolute atomic E-state index is 0.192. The molecule has 1 saturated heterocycles. The number of H-pyrrole nitrogens is 1. The minimum atomic E-state index is -0.733. The van der Waals surface area contributed by atoms with E-state index in [9.17, 15) is 9.59 Å². The molecule has 5 rings (SSSR count). The number of hydrogen-bond acceptors (Lipinski definition) is 5. The lowest BCUT2D eigenvalue weighted by Gasteiger charge is -2.47. The van der Waals surface area contributed by atoms with E-state index < -0.39 is 5.54 Å². The van der Waals surface area contributed by atoms with Crippen molar-refractivity contribution in [2.24, 2.45) is 11.7 Å². The van der Waals surface area contributed by atoms with Crippen molar-refractivity contribution in [2.75, 3.05) is 6.54 Å². The molecule has 3 aromatic heterocycles. The molecule has 0 bridgehead atoms. The number of piperidine rings is 1. The fourth-order valence-electron chi connectivity index (χ4n) is 4.73. The first-order valence-corrected chi connectivity index (χ1v) is 10.7. The predicted octanol–water partition coefficient (Wildman–Crippen LogP) is 2.69. The average molecular weight is 428 g/mol. The molecular formula is C24H24N6O2. The molecule has 2 aliphatic rings. The Balaban J connectivity index is 1.51. The van der Waals surface area contributed by atoms with Crippen molar-refractivity contribution < 1.29 is 9.59 Å². The molecule has 8 nitrogen and oxygen atoms in total. The number of rotatable bonds is 4. The Morgan fingerprint density at radius 2 is 2.06 bits per heavy atom. The highest BCUT2D eigenvalue weighted by atomic mass is 16.2. The second kappa shape index (κ2) is 7.71. The highest BCUT2D eigenvalue weighted by molar-refractivity contribution is 5.94. The van der Waals surface area contributed by atoms with E-state index in [1.165, 1.54) is 0 Å². The van der Waals surface area contributed by atoms with Crippen molar-refractivity contribution in [3.8, 4) is 11.3 Å². The fraction of sp³-hybridized carbons (Fsp3) is 0.292. The van der Waals surface area contributed by atoms with Crippen molar-refractivity contribution in [1.82, 2.24) is 25.1 Å². The molecule has 1 fully saturated rings. The number of pyridine rings is 2. The van der Waals surface area contributed by atoms with E-state index in [4.69, 9.17) is 5.73 Å². The van der Waals surface area contributed by atoms with Crippen LogP contribution in [0.2, 0.25) is 0 Å². The molecule has 0 aromatic carbocycles. The summed E-state index contributed by atoms with van der Waals surface area (Å²) < 4.78 is 0. The summed E-state index contributed by atoms with van der Waals surface area (Å²) in [6.07, 6.45) is 11.1. The number of aromatic nitrogens is 4. The number of hydrogen-bond donors (Lipinski definition) is 2. The third-order valence-electron chi connectivity index (χ3n) is 6.61. The van der Waals surface area contributed by atoms with Gasteiger partial charge in [-0.05, 0) is 55.2 Å². The van der Waals surface area contributed by atoms with Crippen molar-refractivity contribution in [3.05, 3.63) is 71.4 Å². The van der Waals surface area contributed by atoms with Gasteiger partial charge in [-0.2, -0.15) is 5.10 Å². The Labute approximate surface area is 185 Å². The summed E-state index contributed by atoms with van der Waals surface area (Å²) in [6.45, 7) is 2.39. The maximum Gasteiger partial charge on any atom is 0.275 e. The lowest BCUT2D eigenvalue weighted by molar-refractivity contribution is -0.125. The molecule has 0 radical (unpaired) electrons. The van der Waals surface area contributed by atoms with Crippen LogP contribution in [-0.4, -0.2) is 43.4 Å². The Morgan fingerprint density at radius 3 is 2.84 bits per heavy atom. The van der Waals surface area contributed by atoms with Gasteiger partial charge < -0.3 is 10.6 Å². The van der Waals surface area contributed by atoms with Gasteiger partial charge in [0.25, 0.3) is 5.91 Å².